The van der Waals surface area contributed by atoms with Crippen molar-refractivity contribution in [3.63, 3.8) is 0 Å². The fourth-order valence-corrected chi connectivity index (χ4v) is 4.04. The van der Waals surface area contributed by atoms with Gasteiger partial charge in [-0.3, -0.25) is 4.40 Å². The normalized spacial score (nSPS) is 13.4. The second-order valence-electron chi connectivity index (χ2n) is 7.91. The van der Waals surface area contributed by atoms with Crippen molar-refractivity contribution in [3.05, 3.63) is 59.8 Å². The molecule has 4 heterocycles. The molecule has 1 aliphatic rings. The number of fused-ring (bicyclic) bond motifs is 1. The van der Waals surface area contributed by atoms with Crippen LogP contribution in [0.3, 0.4) is 0 Å². The highest BCUT2D eigenvalue weighted by Crippen LogP contribution is 2.27. The molecule has 0 bridgehead atoms. The molecule has 10 heteroatoms. The van der Waals surface area contributed by atoms with E-state index >= 15 is 0 Å². The Hall–Kier alpha value is -4.21. The van der Waals surface area contributed by atoms with Crippen molar-refractivity contribution in [2.24, 2.45) is 5.18 Å². The van der Waals surface area contributed by atoms with E-state index in [1.54, 1.807) is 18.3 Å². The lowest BCUT2D eigenvalue weighted by molar-refractivity contribution is 0.949. The van der Waals surface area contributed by atoms with E-state index in [9.17, 15) is 4.91 Å². The van der Waals surface area contributed by atoms with E-state index in [0.29, 0.717) is 24.9 Å². The average Bonchev–Trinajstić information content (AvgIpc) is 3.54. The van der Waals surface area contributed by atoms with Crippen LogP contribution in [-0.4, -0.2) is 45.5 Å². The lowest BCUT2D eigenvalue weighted by atomic mass is 10.1. The maximum atomic E-state index is 10.6. The molecule has 168 valence electrons. The zero-order valence-corrected chi connectivity index (χ0v) is 18.1. The fourth-order valence-electron chi connectivity index (χ4n) is 4.04. The minimum atomic E-state index is 0.105. The molecule has 10 nitrogen and oxygen atoms in total. The van der Waals surface area contributed by atoms with Gasteiger partial charge in [-0.25, -0.2) is 15.0 Å². The molecule has 1 aliphatic heterocycles. The van der Waals surface area contributed by atoms with Crippen LogP contribution in [0.1, 0.15) is 12.8 Å². The number of imidazole rings is 1. The molecular formula is C23H25N9O. The van der Waals surface area contributed by atoms with Gasteiger partial charge in [0, 0.05) is 55.9 Å². The third-order valence-electron chi connectivity index (χ3n) is 5.72. The number of nitrogens with one attached hydrogen (secondary N) is 2. The first kappa shape index (κ1) is 20.7. The van der Waals surface area contributed by atoms with Gasteiger partial charge in [0.2, 0.25) is 5.95 Å². The number of anilines is 4. The molecule has 5 rings (SSSR count). The number of aromatic nitrogens is 4. The first-order valence-electron chi connectivity index (χ1n) is 11.0. The lowest BCUT2D eigenvalue weighted by Crippen LogP contribution is -2.17. The summed E-state index contributed by atoms with van der Waals surface area (Å²) in [7, 11) is 0. The molecule has 0 unspecified atom stereocenters. The Kier molecular flexibility index (Phi) is 5.71. The van der Waals surface area contributed by atoms with Crippen molar-refractivity contribution in [2.75, 3.05) is 47.4 Å². The Morgan fingerprint density at radius 3 is 2.70 bits per heavy atom. The molecule has 0 aliphatic carbocycles. The Labute approximate surface area is 190 Å². The van der Waals surface area contributed by atoms with Gasteiger partial charge in [0.1, 0.15) is 17.2 Å². The number of nitroso groups, excluding NO2 is 1. The monoisotopic (exact) mass is 443 g/mol. The van der Waals surface area contributed by atoms with Crippen molar-refractivity contribution >= 4 is 34.6 Å². The predicted molar refractivity (Wildman–Crippen MR) is 131 cm³/mol. The highest BCUT2D eigenvalue weighted by atomic mass is 16.3. The van der Waals surface area contributed by atoms with E-state index in [4.69, 9.17) is 10.7 Å². The van der Waals surface area contributed by atoms with E-state index in [1.165, 1.54) is 18.5 Å². The minimum Gasteiger partial charge on any atom is -0.382 e. The van der Waals surface area contributed by atoms with Gasteiger partial charge in [-0.15, -0.1) is 4.91 Å². The van der Waals surface area contributed by atoms with Gasteiger partial charge in [0.25, 0.3) is 0 Å². The van der Waals surface area contributed by atoms with Crippen LogP contribution in [0.25, 0.3) is 16.9 Å². The van der Waals surface area contributed by atoms with Gasteiger partial charge in [-0.05, 0) is 42.3 Å². The summed E-state index contributed by atoms with van der Waals surface area (Å²) in [5.41, 5.74) is 9.85. The summed E-state index contributed by atoms with van der Waals surface area (Å²) in [6.45, 7) is 3.37. The summed E-state index contributed by atoms with van der Waals surface area (Å²) in [5, 5.41) is 9.39. The predicted octanol–water partition coefficient (Wildman–Crippen LogP) is 3.90. The van der Waals surface area contributed by atoms with Crippen LogP contribution in [0.4, 0.5) is 29.0 Å². The van der Waals surface area contributed by atoms with Crippen LogP contribution in [0.15, 0.2) is 60.0 Å². The van der Waals surface area contributed by atoms with Crippen LogP contribution in [-0.2, 0) is 0 Å². The molecule has 0 radical (unpaired) electrons. The smallest absolute Gasteiger partial charge is 0.209 e. The highest BCUT2D eigenvalue weighted by molar-refractivity contribution is 5.70. The van der Waals surface area contributed by atoms with Crippen LogP contribution < -0.4 is 21.3 Å². The molecule has 0 spiro atoms. The largest absolute Gasteiger partial charge is 0.382 e. The maximum Gasteiger partial charge on any atom is 0.209 e. The number of hydrogen-bond donors (Lipinski definition) is 3. The van der Waals surface area contributed by atoms with Crippen LogP contribution >= 0.6 is 0 Å². The van der Waals surface area contributed by atoms with Gasteiger partial charge in [0.05, 0.1) is 5.69 Å². The molecule has 0 saturated carbocycles. The zero-order valence-electron chi connectivity index (χ0n) is 18.1. The molecule has 4 aromatic rings. The summed E-state index contributed by atoms with van der Waals surface area (Å²) in [6, 6.07) is 13.7. The Balaban J connectivity index is 1.31. The second-order valence-corrected chi connectivity index (χ2v) is 7.91. The quantitative estimate of drug-likeness (QED) is 0.277. The van der Waals surface area contributed by atoms with Crippen molar-refractivity contribution in [2.45, 2.75) is 12.8 Å². The van der Waals surface area contributed by atoms with Gasteiger partial charge in [0.15, 0.2) is 5.82 Å². The van der Waals surface area contributed by atoms with E-state index < -0.39 is 0 Å². The summed E-state index contributed by atoms with van der Waals surface area (Å²) < 4.78 is 1.93. The molecule has 33 heavy (non-hydrogen) atoms. The van der Waals surface area contributed by atoms with Crippen molar-refractivity contribution < 1.29 is 0 Å². The molecule has 1 aromatic carbocycles. The Morgan fingerprint density at radius 2 is 1.88 bits per heavy atom. The van der Waals surface area contributed by atoms with E-state index in [-0.39, 0.29) is 11.5 Å². The number of pyridine rings is 1. The van der Waals surface area contributed by atoms with Crippen molar-refractivity contribution in [1.82, 2.24) is 19.4 Å². The third kappa shape index (κ3) is 4.40. The molecule has 4 N–H and O–H groups in total. The number of rotatable bonds is 8. The van der Waals surface area contributed by atoms with Crippen LogP contribution in [0, 0.1) is 4.91 Å². The second kappa shape index (κ2) is 9.11. The number of nitrogen functional groups attached to an aromatic ring is 1. The van der Waals surface area contributed by atoms with Gasteiger partial charge < -0.3 is 21.3 Å². The zero-order chi connectivity index (χ0) is 22.6. The average molecular weight is 444 g/mol. The third-order valence-corrected chi connectivity index (χ3v) is 5.72. The lowest BCUT2D eigenvalue weighted by Gasteiger charge is -2.18. The van der Waals surface area contributed by atoms with Gasteiger partial charge >= 0.3 is 0 Å². The molecule has 0 amide bonds. The standard InChI is InChI=1S/C23H25N9O/c24-22-18(30-33)6-7-20(29-22)25-8-9-27-23-28-19(15-21-26-10-13-32(21)23)16-4-3-5-17(14-16)31-11-1-2-12-31/h3-7,10,13-15H,1-2,8-9,11-12H2,(H,27,28)(H3,24,25,29). The van der Waals surface area contributed by atoms with Crippen molar-refractivity contribution in [1.29, 1.82) is 0 Å². The summed E-state index contributed by atoms with van der Waals surface area (Å²) in [5.74, 6) is 1.39. The molecule has 3 aromatic heterocycles. The number of nitrogens with two attached hydrogens (primary N) is 1. The van der Waals surface area contributed by atoms with E-state index in [2.05, 4.69) is 54.9 Å². The summed E-state index contributed by atoms with van der Waals surface area (Å²) in [4.78, 5) is 26.5. The topological polar surface area (TPSA) is 126 Å². The van der Waals surface area contributed by atoms with Gasteiger partial charge in [-0.1, -0.05) is 12.1 Å². The Bertz CT molecular complexity index is 1280. The molecule has 1 saturated heterocycles. The Morgan fingerprint density at radius 1 is 1.03 bits per heavy atom. The summed E-state index contributed by atoms with van der Waals surface area (Å²) >= 11 is 0. The van der Waals surface area contributed by atoms with Crippen LogP contribution in [0.5, 0.6) is 0 Å². The molecule has 1 fully saturated rings. The van der Waals surface area contributed by atoms with Crippen molar-refractivity contribution in [3.8, 4) is 11.3 Å². The first-order chi connectivity index (χ1) is 16.2. The number of benzene rings is 1. The molecular weight excluding hydrogens is 418 g/mol. The summed E-state index contributed by atoms with van der Waals surface area (Å²) in [6.07, 6.45) is 6.13. The first-order valence-corrected chi connectivity index (χ1v) is 11.0. The maximum absolute atomic E-state index is 10.6. The highest BCUT2D eigenvalue weighted by Gasteiger charge is 2.14. The fraction of sp³-hybridized carbons (Fsp3) is 0.261. The minimum absolute atomic E-state index is 0.105. The van der Waals surface area contributed by atoms with Gasteiger partial charge in [-0.2, -0.15) is 0 Å². The number of hydrogen-bond acceptors (Lipinski definition) is 9. The van der Waals surface area contributed by atoms with E-state index in [0.717, 1.165) is 30.0 Å². The number of nitrogens with zero attached hydrogens (tertiary/aromatic N) is 6. The van der Waals surface area contributed by atoms with E-state index in [1.807, 2.05) is 16.7 Å². The SMILES string of the molecule is Nc1nc(NCCNc2nc(-c3cccc(N4CCCC4)c3)cc3nccn23)ccc1N=O. The van der Waals surface area contributed by atoms with Crippen LogP contribution in [0.2, 0.25) is 0 Å². The molecule has 0 atom stereocenters.